The summed E-state index contributed by atoms with van der Waals surface area (Å²) in [5, 5.41) is 3.67. The van der Waals surface area contributed by atoms with Crippen LogP contribution in [0.15, 0.2) is 30.3 Å². The lowest BCUT2D eigenvalue weighted by Crippen LogP contribution is -2.25. The molecule has 2 aliphatic rings. The normalized spacial score (nSPS) is 34.7. The Bertz CT molecular complexity index is 306. The fraction of sp³-hybridized carbons (Fsp3) is 0.538. The SMILES string of the molecule is c1ccc(NC2CCC[C@H]3C[C@@H]23)cc1. The number of hydrogen-bond acceptors (Lipinski definition) is 1. The van der Waals surface area contributed by atoms with Gasteiger partial charge in [-0.05, 0) is 36.8 Å². The van der Waals surface area contributed by atoms with Gasteiger partial charge in [0.1, 0.15) is 0 Å². The van der Waals surface area contributed by atoms with Gasteiger partial charge in [0.25, 0.3) is 0 Å². The van der Waals surface area contributed by atoms with E-state index in [9.17, 15) is 0 Å². The van der Waals surface area contributed by atoms with Crippen molar-refractivity contribution in [3.8, 4) is 0 Å². The molecule has 1 aromatic carbocycles. The molecule has 0 heterocycles. The van der Waals surface area contributed by atoms with Gasteiger partial charge in [0.2, 0.25) is 0 Å². The number of benzene rings is 1. The number of nitrogens with one attached hydrogen (secondary N) is 1. The molecule has 1 nitrogen and oxygen atoms in total. The zero-order valence-electron chi connectivity index (χ0n) is 8.45. The highest BCUT2D eigenvalue weighted by atomic mass is 14.9. The van der Waals surface area contributed by atoms with Crippen molar-refractivity contribution < 1.29 is 0 Å². The highest BCUT2D eigenvalue weighted by Gasteiger charge is 2.44. The molecule has 3 atom stereocenters. The van der Waals surface area contributed by atoms with E-state index in [1.807, 2.05) is 0 Å². The lowest BCUT2D eigenvalue weighted by molar-refractivity contribution is 0.440. The Kier molecular flexibility index (Phi) is 1.97. The molecule has 1 heteroatoms. The van der Waals surface area contributed by atoms with Gasteiger partial charge in [-0.2, -0.15) is 0 Å². The van der Waals surface area contributed by atoms with Crippen LogP contribution < -0.4 is 5.32 Å². The van der Waals surface area contributed by atoms with Gasteiger partial charge in [-0.3, -0.25) is 0 Å². The zero-order chi connectivity index (χ0) is 9.38. The second-order valence-electron chi connectivity index (χ2n) is 4.71. The summed E-state index contributed by atoms with van der Waals surface area (Å²) in [6, 6.07) is 11.4. The van der Waals surface area contributed by atoms with Crippen LogP contribution in [0.1, 0.15) is 25.7 Å². The van der Waals surface area contributed by atoms with Crippen LogP contribution in [-0.4, -0.2) is 6.04 Å². The molecular weight excluding hydrogens is 170 g/mol. The molecular formula is C13H17N. The van der Waals surface area contributed by atoms with Crippen molar-refractivity contribution in [2.75, 3.05) is 5.32 Å². The number of para-hydroxylation sites is 1. The predicted molar refractivity (Wildman–Crippen MR) is 59.3 cm³/mol. The molecule has 2 saturated carbocycles. The second kappa shape index (κ2) is 3.30. The average molecular weight is 187 g/mol. The van der Waals surface area contributed by atoms with Gasteiger partial charge in [0.05, 0.1) is 0 Å². The minimum Gasteiger partial charge on any atom is -0.382 e. The largest absolute Gasteiger partial charge is 0.382 e. The summed E-state index contributed by atoms with van der Waals surface area (Å²) < 4.78 is 0. The summed E-state index contributed by atoms with van der Waals surface area (Å²) in [6.45, 7) is 0. The van der Waals surface area contributed by atoms with E-state index in [2.05, 4.69) is 35.6 Å². The molecule has 0 aliphatic heterocycles. The summed E-state index contributed by atoms with van der Waals surface area (Å²) in [5.41, 5.74) is 1.30. The van der Waals surface area contributed by atoms with E-state index in [1.54, 1.807) is 0 Å². The summed E-state index contributed by atoms with van der Waals surface area (Å²) in [5.74, 6) is 2.05. The van der Waals surface area contributed by atoms with Crippen molar-refractivity contribution in [2.24, 2.45) is 11.8 Å². The van der Waals surface area contributed by atoms with E-state index in [-0.39, 0.29) is 0 Å². The van der Waals surface area contributed by atoms with Gasteiger partial charge in [-0.25, -0.2) is 0 Å². The van der Waals surface area contributed by atoms with Crippen LogP contribution in [0.4, 0.5) is 5.69 Å². The first-order valence-electron chi connectivity index (χ1n) is 5.75. The molecule has 0 radical (unpaired) electrons. The molecule has 14 heavy (non-hydrogen) atoms. The van der Waals surface area contributed by atoms with E-state index >= 15 is 0 Å². The third kappa shape index (κ3) is 1.52. The Balaban J connectivity index is 1.67. The lowest BCUT2D eigenvalue weighted by atomic mass is 9.95. The van der Waals surface area contributed by atoms with Crippen LogP contribution in [0.3, 0.4) is 0 Å². The minimum atomic E-state index is 0.760. The quantitative estimate of drug-likeness (QED) is 0.749. The standard InChI is InChI=1S/C13H17N/c1-2-6-11(7-3-1)14-13-8-4-5-10-9-12(10)13/h1-3,6-7,10,12-14H,4-5,8-9H2/t10-,12+,13?/m0/s1. The molecule has 74 valence electrons. The van der Waals surface area contributed by atoms with Gasteiger partial charge >= 0.3 is 0 Å². The highest BCUT2D eigenvalue weighted by molar-refractivity contribution is 5.44. The molecule has 1 aromatic rings. The lowest BCUT2D eigenvalue weighted by Gasteiger charge is -2.23. The summed E-state index contributed by atoms with van der Waals surface area (Å²) in [6.07, 6.45) is 5.75. The van der Waals surface area contributed by atoms with Crippen molar-refractivity contribution in [1.29, 1.82) is 0 Å². The highest BCUT2D eigenvalue weighted by Crippen LogP contribution is 2.50. The molecule has 2 aliphatic carbocycles. The molecule has 1 N–H and O–H groups in total. The smallest absolute Gasteiger partial charge is 0.0342 e. The first-order valence-corrected chi connectivity index (χ1v) is 5.75. The molecule has 0 amide bonds. The maximum atomic E-state index is 3.67. The van der Waals surface area contributed by atoms with Crippen LogP contribution >= 0.6 is 0 Å². The third-order valence-corrected chi connectivity index (χ3v) is 3.71. The van der Waals surface area contributed by atoms with Gasteiger partial charge in [0.15, 0.2) is 0 Å². The van der Waals surface area contributed by atoms with E-state index in [4.69, 9.17) is 0 Å². The molecule has 3 rings (SSSR count). The Morgan fingerprint density at radius 3 is 2.79 bits per heavy atom. The molecule has 0 spiro atoms. The van der Waals surface area contributed by atoms with Gasteiger partial charge in [0, 0.05) is 11.7 Å². The van der Waals surface area contributed by atoms with Crippen LogP contribution in [0.25, 0.3) is 0 Å². The van der Waals surface area contributed by atoms with Crippen LogP contribution in [-0.2, 0) is 0 Å². The Hall–Kier alpha value is -0.980. The van der Waals surface area contributed by atoms with Crippen LogP contribution in [0.2, 0.25) is 0 Å². The molecule has 0 saturated heterocycles. The van der Waals surface area contributed by atoms with Crippen molar-refractivity contribution in [3.63, 3.8) is 0 Å². The number of fused-ring (bicyclic) bond motifs is 1. The fourth-order valence-electron chi connectivity index (χ4n) is 2.84. The van der Waals surface area contributed by atoms with Gasteiger partial charge in [-0.15, -0.1) is 0 Å². The average Bonchev–Trinajstić information content (AvgIpc) is 2.99. The summed E-state index contributed by atoms with van der Waals surface area (Å²) >= 11 is 0. The van der Waals surface area contributed by atoms with Crippen LogP contribution in [0.5, 0.6) is 0 Å². The summed E-state index contributed by atoms with van der Waals surface area (Å²) in [7, 11) is 0. The summed E-state index contributed by atoms with van der Waals surface area (Å²) in [4.78, 5) is 0. The first kappa shape index (κ1) is 8.34. The van der Waals surface area contributed by atoms with E-state index in [0.29, 0.717) is 0 Å². The molecule has 1 unspecified atom stereocenters. The Labute approximate surface area is 85.5 Å². The molecule has 0 aromatic heterocycles. The zero-order valence-corrected chi connectivity index (χ0v) is 8.45. The number of rotatable bonds is 2. The minimum absolute atomic E-state index is 0.760. The van der Waals surface area contributed by atoms with Gasteiger partial charge < -0.3 is 5.32 Å². The first-order chi connectivity index (χ1) is 6.93. The second-order valence-corrected chi connectivity index (χ2v) is 4.71. The van der Waals surface area contributed by atoms with Crippen molar-refractivity contribution >= 4 is 5.69 Å². The maximum Gasteiger partial charge on any atom is 0.0342 e. The number of hydrogen-bond donors (Lipinski definition) is 1. The van der Waals surface area contributed by atoms with Crippen LogP contribution in [0, 0.1) is 11.8 Å². The predicted octanol–water partition coefficient (Wildman–Crippen LogP) is 3.29. The van der Waals surface area contributed by atoms with Crippen molar-refractivity contribution in [3.05, 3.63) is 30.3 Å². The van der Waals surface area contributed by atoms with E-state index in [1.165, 1.54) is 31.4 Å². The Morgan fingerprint density at radius 2 is 1.93 bits per heavy atom. The van der Waals surface area contributed by atoms with Gasteiger partial charge in [-0.1, -0.05) is 31.0 Å². The topological polar surface area (TPSA) is 12.0 Å². The maximum absolute atomic E-state index is 3.67. The Morgan fingerprint density at radius 1 is 1.07 bits per heavy atom. The monoisotopic (exact) mass is 187 g/mol. The molecule has 0 bridgehead atoms. The number of anilines is 1. The fourth-order valence-corrected chi connectivity index (χ4v) is 2.84. The van der Waals surface area contributed by atoms with E-state index in [0.717, 1.165) is 17.9 Å². The van der Waals surface area contributed by atoms with Crippen molar-refractivity contribution in [1.82, 2.24) is 0 Å². The third-order valence-electron chi connectivity index (χ3n) is 3.71. The van der Waals surface area contributed by atoms with E-state index < -0.39 is 0 Å². The van der Waals surface area contributed by atoms with Crippen molar-refractivity contribution in [2.45, 2.75) is 31.7 Å². The molecule has 2 fully saturated rings.